The van der Waals surface area contributed by atoms with Crippen LogP contribution in [0, 0.1) is 13.8 Å². The van der Waals surface area contributed by atoms with Crippen molar-refractivity contribution >= 4 is 62.4 Å². The normalized spacial score (nSPS) is 19.3. The molecule has 0 unspecified atom stereocenters. The number of amides is 2. The summed E-state index contributed by atoms with van der Waals surface area (Å²) in [5.41, 5.74) is 3.29. The highest BCUT2D eigenvalue weighted by Crippen LogP contribution is 2.45. The van der Waals surface area contributed by atoms with Gasteiger partial charge in [0.15, 0.2) is 5.03 Å². The second-order valence-corrected chi connectivity index (χ2v) is 15.4. The third-order valence-corrected chi connectivity index (χ3v) is 11.7. The van der Waals surface area contributed by atoms with Crippen LogP contribution in [-0.4, -0.2) is 66.4 Å². The zero-order valence-electron chi connectivity index (χ0n) is 27.6. The summed E-state index contributed by atoms with van der Waals surface area (Å²) < 4.78 is 33.6. The van der Waals surface area contributed by atoms with Crippen LogP contribution in [0.15, 0.2) is 72.4 Å². The van der Waals surface area contributed by atoms with Crippen molar-refractivity contribution in [2.45, 2.75) is 56.6 Å². The quantitative estimate of drug-likeness (QED) is 0.222. The summed E-state index contributed by atoms with van der Waals surface area (Å²) in [7, 11) is -2.59. The molecule has 0 spiro atoms. The van der Waals surface area contributed by atoms with Crippen LogP contribution in [-0.2, 0) is 38.6 Å². The van der Waals surface area contributed by atoms with E-state index in [0.717, 1.165) is 22.4 Å². The van der Waals surface area contributed by atoms with E-state index >= 15 is 0 Å². The van der Waals surface area contributed by atoms with Crippen molar-refractivity contribution in [3.8, 4) is 11.1 Å². The summed E-state index contributed by atoms with van der Waals surface area (Å²) in [6.07, 6.45) is 7.04. The Bertz CT molecular complexity index is 2240. The highest BCUT2D eigenvalue weighted by molar-refractivity contribution is 7.89. The molecule has 5 heterocycles. The Morgan fingerprint density at radius 1 is 1.02 bits per heavy atom. The number of imidazole rings is 1. The van der Waals surface area contributed by atoms with E-state index in [1.54, 1.807) is 56.2 Å². The molecule has 0 saturated carbocycles. The van der Waals surface area contributed by atoms with Crippen molar-refractivity contribution in [2.24, 2.45) is 7.05 Å². The number of anilines is 3. The Hall–Kier alpha value is -4.63. The fraction of sp³-hybridized carbons (Fsp3) is 0.294. The first kappa shape index (κ1) is 33.8. The van der Waals surface area contributed by atoms with Gasteiger partial charge in [-0.1, -0.05) is 47.5 Å². The number of carbonyl (C=O) groups excluding carboxylic acids is 2. The van der Waals surface area contributed by atoms with E-state index in [1.807, 2.05) is 31.2 Å². The summed E-state index contributed by atoms with van der Waals surface area (Å²) in [6, 6.07) is 11.3. The van der Waals surface area contributed by atoms with E-state index in [1.165, 1.54) is 26.3 Å². The van der Waals surface area contributed by atoms with Crippen LogP contribution < -0.4 is 10.2 Å². The SMILES string of the molecule is Cc1nn(C)c(C)c1NC(=O)[C@@H]1CCCN1S(=O)(=O)c1cnc2n1[C@](C)(Cc1ccc(-c3cncnc3)cc1)C(=O)N2c1cc(Cl)cc(Cl)c1. The van der Waals surface area contributed by atoms with Crippen molar-refractivity contribution in [2.75, 3.05) is 16.8 Å². The van der Waals surface area contributed by atoms with Crippen LogP contribution in [0.3, 0.4) is 0 Å². The smallest absolute Gasteiger partial charge is 0.261 e. The zero-order valence-corrected chi connectivity index (χ0v) is 30.0. The van der Waals surface area contributed by atoms with Gasteiger partial charge in [-0.15, -0.1) is 0 Å². The van der Waals surface area contributed by atoms with Gasteiger partial charge in [-0.3, -0.25) is 18.8 Å². The first-order chi connectivity index (χ1) is 23.8. The maximum atomic E-state index is 14.6. The number of sulfonamides is 1. The molecule has 13 nitrogen and oxygen atoms in total. The zero-order chi connectivity index (χ0) is 35.5. The number of hydrogen-bond acceptors (Lipinski definition) is 8. The topological polar surface area (TPSA) is 148 Å². The number of aryl methyl sites for hydroxylation is 2. The van der Waals surface area contributed by atoms with Gasteiger partial charge in [0.25, 0.3) is 15.9 Å². The molecule has 5 aromatic rings. The Morgan fingerprint density at radius 2 is 1.70 bits per heavy atom. The van der Waals surface area contributed by atoms with Crippen molar-refractivity contribution < 1.29 is 18.0 Å². The number of rotatable bonds is 8. The fourth-order valence-corrected chi connectivity index (χ4v) is 9.21. The first-order valence-corrected chi connectivity index (χ1v) is 18.1. The van der Waals surface area contributed by atoms with Gasteiger partial charge in [-0.05, 0) is 62.9 Å². The van der Waals surface area contributed by atoms with Crippen LogP contribution in [0.4, 0.5) is 17.3 Å². The molecule has 3 aromatic heterocycles. The predicted molar refractivity (Wildman–Crippen MR) is 189 cm³/mol. The molecule has 16 heteroatoms. The van der Waals surface area contributed by atoms with Gasteiger partial charge in [-0.25, -0.2) is 28.3 Å². The molecular weight excluding hydrogens is 701 g/mol. The fourth-order valence-electron chi connectivity index (χ4n) is 6.85. The lowest BCUT2D eigenvalue weighted by atomic mass is 9.91. The predicted octanol–water partition coefficient (Wildman–Crippen LogP) is 5.43. The van der Waals surface area contributed by atoms with E-state index in [4.69, 9.17) is 23.2 Å². The van der Waals surface area contributed by atoms with E-state index in [-0.39, 0.29) is 23.9 Å². The van der Waals surface area contributed by atoms with Gasteiger partial charge < -0.3 is 5.32 Å². The Morgan fingerprint density at radius 3 is 2.34 bits per heavy atom. The molecule has 2 atom stereocenters. The minimum absolute atomic E-state index is 0.0919. The maximum Gasteiger partial charge on any atom is 0.261 e. The average molecular weight is 735 g/mol. The molecule has 258 valence electrons. The molecule has 0 aliphatic carbocycles. The molecule has 1 fully saturated rings. The standard InChI is InChI=1S/C34H33Cl2N9O4S/c1-20-30(21(2)42(4)41-20)40-31(46)28-6-5-11-43(28)50(48,49)29-18-39-33-44(27-13-25(35)12-26(36)14-27)32(47)34(3,45(29)33)15-22-7-9-23(10-8-22)24-16-37-19-38-17-24/h7-10,12-14,16-19,28H,5-6,11,15H2,1-4H3,(H,40,46)/t28-,34+/m0/s1. The minimum atomic E-state index is -4.37. The highest BCUT2D eigenvalue weighted by atomic mass is 35.5. The van der Waals surface area contributed by atoms with Crippen LogP contribution >= 0.6 is 23.2 Å². The summed E-state index contributed by atoms with van der Waals surface area (Å²) >= 11 is 12.7. The summed E-state index contributed by atoms with van der Waals surface area (Å²) in [5.74, 6) is -0.784. The van der Waals surface area contributed by atoms with Crippen LogP contribution in [0.5, 0.6) is 0 Å². The lowest BCUT2D eigenvalue weighted by Crippen LogP contribution is -2.46. The number of carbonyl (C=O) groups is 2. The van der Waals surface area contributed by atoms with Gasteiger partial charge in [-0.2, -0.15) is 9.40 Å². The van der Waals surface area contributed by atoms with Gasteiger partial charge in [0, 0.05) is 48.0 Å². The van der Waals surface area contributed by atoms with E-state index in [2.05, 4.69) is 25.4 Å². The third kappa shape index (κ3) is 5.65. The molecule has 2 aromatic carbocycles. The number of fused-ring (bicyclic) bond motifs is 1. The molecule has 1 N–H and O–H groups in total. The molecule has 50 heavy (non-hydrogen) atoms. The second kappa shape index (κ2) is 12.6. The minimum Gasteiger partial charge on any atom is -0.322 e. The molecule has 2 aliphatic heterocycles. The Balaban J connectivity index is 1.29. The van der Waals surface area contributed by atoms with Crippen molar-refractivity contribution in [3.05, 3.63) is 94.4 Å². The van der Waals surface area contributed by atoms with Crippen molar-refractivity contribution in [1.29, 1.82) is 0 Å². The number of nitrogens with zero attached hydrogens (tertiary/aromatic N) is 8. The van der Waals surface area contributed by atoms with E-state index < -0.39 is 33.4 Å². The van der Waals surface area contributed by atoms with Crippen LogP contribution in [0.2, 0.25) is 10.0 Å². The van der Waals surface area contributed by atoms with Gasteiger partial charge in [0.1, 0.15) is 17.9 Å². The molecule has 0 bridgehead atoms. The molecule has 1 saturated heterocycles. The Labute approximate surface area is 298 Å². The average Bonchev–Trinajstić information content (AvgIpc) is 3.84. The van der Waals surface area contributed by atoms with E-state index in [9.17, 15) is 18.0 Å². The number of benzene rings is 2. The van der Waals surface area contributed by atoms with Crippen LogP contribution in [0.25, 0.3) is 11.1 Å². The summed E-state index contributed by atoms with van der Waals surface area (Å²) in [5, 5.41) is 7.65. The van der Waals surface area contributed by atoms with E-state index in [0.29, 0.717) is 40.0 Å². The van der Waals surface area contributed by atoms with Gasteiger partial charge in [0.05, 0.1) is 29.0 Å². The number of nitrogens with one attached hydrogen (secondary N) is 1. The molecule has 7 rings (SSSR count). The van der Waals surface area contributed by atoms with Crippen molar-refractivity contribution in [3.63, 3.8) is 0 Å². The van der Waals surface area contributed by atoms with Crippen LogP contribution in [0.1, 0.15) is 36.7 Å². The maximum absolute atomic E-state index is 14.6. The second-order valence-electron chi connectivity index (χ2n) is 12.7. The highest BCUT2D eigenvalue weighted by Gasteiger charge is 2.53. The molecule has 2 aliphatic rings. The van der Waals surface area contributed by atoms with Gasteiger partial charge in [0.2, 0.25) is 11.9 Å². The Kier molecular flexibility index (Phi) is 8.53. The monoisotopic (exact) mass is 733 g/mol. The third-order valence-electron chi connectivity index (χ3n) is 9.41. The summed E-state index contributed by atoms with van der Waals surface area (Å²) in [4.78, 5) is 42.3. The number of halogens is 2. The lowest BCUT2D eigenvalue weighted by molar-refractivity contribution is -0.124. The summed E-state index contributed by atoms with van der Waals surface area (Å²) in [6.45, 7) is 5.41. The largest absolute Gasteiger partial charge is 0.322 e. The molecular formula is C34H33Cl2N9O4S. The number of aromatic nitrogens is 6. The molecule has 2 amide bonds. The van der Waals surface area contributed by atoms with Crippen molar-refractivity contribution in [1.82, 2.24) is 33.6 Å². The lowest BCUT2D eigenvalue weighted by Gasteiger charge is -2.29. The molecule has 0 radical (unpaired) electrons. The first-order valence-electron chi connectivity index (χ1n) is 15.9. The number of hydrogen-bond donors (Lipinski definition) is 1. The van der Waals surface area contributed by atoms with Gasteiger partial charge >= 0.3 is 0 Å².